The molecule has 3 aliphatic carbocycles. The van der Waals surface area contributed by atoms with Crippen LogP contribution in [0.25, 0.3) is 0 Å². The number of halogens is 2. The summed E-state index contributed by atoms with van der Waals surface area (Å²) in [5, 5.41) is 0. The maximum atomic E-state index is 15.2. The number of benzene rings is 1. The van der Waals surface area contributed by atoms with E-state index in [4.69, 9.17) is 0 Å². The summed E-state index contributed by atoms with van der Waals surface area (Å²) in [6.45, 7) is 4.28. The van der Waals surface area contributed by atoms with Crippen molar-refractivity contribution in [3.63, 3.8) is 0 Å². The summed E-state index contributed by atoms with van der Waals surface area (Å²) in [5.41, 5.74) is 2.50. The minimum Gasteiger partial charge on any atom is -0.203 e. The van der Waals surface area contributed by atoms with E-state index in [0.29, 0.717) is 23.0 Å². The molecule has 0 aromatic heterocycles. The molecule has 4 rings (SSSR count). The second-order valence-electron chi connectivity index (χ2n) is 10.5. The molecule has 0 aliphatic heterocycles. The topological polar surface area (TPSA) is 0 Å². The predicted octanol–water partition coefficient (Wildman–Crippen LogP) is 8.53. The summed E-state index contributed by atoms with van der Waals surface area (Å²) in [7, 11) is 0. The van der Waals surface area contributed by atoms with E-state index in [1.165, 1.54) is 38.5 Å². The lowest BCUT2D eigenvalue weighted by atomic mass is 9.63. The molecule has 0 spiro atoms. The van der Waals surface area contributed by atoms with Gasteiger partial charge in [-0.1, -0.05) is 44.4 Å². The third kappa shape index (κ3) is 4.68. The van der Waals surface area contributed by atoms with E-state index in [1.807, 2.05) is 0 Å². The molecule has 1 aromatic rings. The van der Waals surface area contributed by atoms with Crippen molar-refractivity contribution in [2.75, 3.05) is 0 Å². The second-order valence-corrected chi connectivity index (χ2v) is 10.5. The Bertz CT molecular complexity index is 749. The minimum absolute atomic E-state index is 0.221. The van der Waals surface area contributed by atoms with Crippen molar-refractivity contribution < 1.29 is 8.78 Å². The van der Waals surface area contributed by atoms with Crippen molar-refractivity contribution in [3.05, 3.63) is 46.5 Å². The van der Waals surface area contributed by atoms with Crippen molar-refractivity contribution in [2.24, 2.45) is 23.7 Å². The summed E-state index contributed by atoms with van der Waals surface area (Å²) in [4.78, 5) is 0. The Labute approximate surface area is 182 Å². The van der Waals surface area contributed by atoms with Crippen LogP contribution in [0.5, 0.6) is 0 Å². The Morgan fingerprint density at radius 2 is 1.73 bits per heavy atom. The van der Waals surface area contributed by atoms with Crippen LogP contribution in [0.2, 0.25) is 0 Å². The quantitative estimate of drug-likeness (QED) is 0.409. The molecule has 5 unspecified atom stereocenters. The molecule has 0 saturated heterocycles. The summed E-state index contributed by atoms with van der Waals surface area (Å²) in [6, 6.07) is 2.07. The van der Waals surface area contributed by atoms with Crippen LogP contribution in [0.15, 0.2) is 18.2 Å². The molecule has 2 heteroatoms. The second kappa shape index (κ2) is 9.96. The van der Waals surface area contributed by atoms with Crippen molar-refractivity contribution >= 4 is 0 Å². The fourth-order valence-corrected chi connectivity index (χ4v) is 6.91. The molecule has 166 valence electrons. The van der Waals surface area contributed by atoms with Gasteiger partial charge in [0.2, 0.25) is 0 Å². The largest absolute Gasteiger partial charge is 0.203 e. The molecular formula is C28H40F2. The van der Waals surface area contributed by atoms with Crippen LogP contribution >= 0.6 is 0 Å². The van der Waals surface area contributed by atoms with E-state index < -0.39 is 11.6 Å². The maximum Gasteiger partial charge on any atom is 0.162 e. The lowest BCUT2D eigenvalue weighted by molar-refractivity contribution is 0.114. The van der Waals surface area contributed by atoms with E-state index in [9.17, 15) is 0 Å². The van der Waals surface area contributed by atoms with Gasteiger partial charge in [-0.05, 0) is 117 Å². The van der Waals surface area contributed by atoms with Gasteiger partial charge in [0.15, 0.2) is 11.6 Å². The molecule has 2 fully saturated rings. The van der Waals surface area contributed by atoms with Gasteiger partial charge in [-0.3, -0.25) is 0 Å². The van der Waals surface area contributed by atoms with Crippen LogP contribution in [0.1, 0.15) is 107 Å². The Balaban J connectivity index is 1.43. The van der Waals surface area contributed by atoms with Gasteiger partial charge in [0.1, 0.15) is 0 Å². The van der Waals surface area contributed by atoms with Crippen molar-refractivity contribution in [1.82, 2.24) is 0 Å². The summed E-state index contributed by atoms with van der Waals surface area (Å²) in [6.07, 6.45) is 19.3. The third-order valence-electron chi connectivity index (χ3n) is 8.58. The molecule has 5 atom stereocenters. The molecule has 0 N–H and O–H groups in total. The van der Waals surface area contributed by atoms with Gasteiger partial charge in [-0.15, -0.1) is 0 Å². The Kier molecular flexibility index (Phi) is 7.32. The molecule has 0 bridgehead atoms. The first-order chi connectivity index (χ1) is 14.6. The van der Waals surface area contributed by atoms with Crippen LogP contribution in [-0.4, -0.2) is 0 Å². The van der Waals surface area contributed by atoms with E-state index in [0.717, 1.165) is 62.3 Å². The monoisotopic (exact) mass is 414 g/mol. The highest BCUT2D eigenvalue weighted by atomic mass is 19.2. The van der Waals surface area contributed by atoms with E-state index in [1.54, 1.807) is 0 Å². The number of hydrogen-bond acceptors (Lipinski definition) is 0. The van der Waals surface area contributed by atoms with Gasteiger partial charge < -0.3 is 0 Å². The standard InChI is InChI=1S/C28H40F2/c1-3-5-6-8-20-9-11-22-17-23(14-13-21(22)15-20)26-18-24-12-10-19(7-4-2)16-25(24)27(29)28(26)30/h3,5,18-23H,4,6-17H2,1-2H3/b5-3+. The van der Waals surface area contributed by atoms with E-state index >= 15 is 8.78 Å². The SMILES string of the molecule is C/C=C/CCC1CCC2CC(c3cc4c(c(F)c3F)CC(CCC)CC4)CCC2C1. The van der Waals surface area contributed by atoms with Crippen LogP contribution in [0.4, 0.5) is 8.78 Å². The average Bonchev–Trinajstić information content (AvgIpc) is 2.76. The highest BCUT2D eigenvalue weighted by Crippen LogP contribution is 2.49. The van der Waals surface area contributed by atoms with Crippen molar-refractivity contribution in [2.45, 2.75) is 103 Å². The van der Waals surface area contributed by atoms with Gasteiger partial charge in [-0.2, -0.15) is 0 Å². The number of fused-ring (bicyclic) bond motifs is 2. The van der Waals surface area contributed by atoms with Crippen molar-refractivity contribution in [3.8, 4) is 0 Å². The number of hydrogen-bond donors (Lipinski definition) is 0. The molecule has 3 aliphatic rings. The zero-order chi connectivity index (χ0) is 21.1. The van der Waals surface area contributed by atoms with Crippen LogP contribution in [0, 0.1) is 35.3 Å². The van der Waals surface area contributed by atoms with Crippen molar-refractivity contribution in [1.29, 1.82) is 0 Å². The average molecular weight is 415 g/mol. The maximum absolute atomic E-state index is 15.2. The first kappa shape index (κ1) is 22.0. The fourth-order valence-electron chi connectivity index (χ4n) is 6.91. The molecule has 0 radical (unpaired) electrons. The Morgan fingerprint density at radius 1 is 0.933 bits per heavy atom. The third-order valence-corrected chi connectivity index (χ3v) is 8.58. The smallest absolute Gasteiger partial charge is 0.162 e. The Morgan fingerprint density at radius 3 is 2.53 bits per heavy atom. The summed E-state index contributed by atoms with van der Waals surface area (Å²) >= 11 is 0. The first-order valence-electron chi connectivity index (χ1n) is 12.7. The normalized spacial score (nSPS) is 31.5. The number of rotatable bonds is 6. The molecule has 2 saturated carbocycles. The predicted molar refractivity (Wildman–Crippen MR) is 122 cm³/mol. The van der Waals surface area contributed by atoms with Crippen LogP contribution < -0.4 is 0 Å². The summed E-state index contributed by atoms with van der Waals surface area (Å²) < 4.78 is 30.2. The van der Waals surface area contributed by atoms with Gasteiger partial charge in [0.25, 0.3) is 0 Å². The van der Waals surface area contributed by atoms with Gasteiger partial charge in [-0.25, -0.2) is 8.78 Å². The molecule has 0 heterocycles. The molecule has 0 amide bonds. The number of aryl methyl sites for hydroxylation is 1. The molecule has 1 aromatic carbocycles. The zero-order valence-electron chi connectivity index (χ0n) is 19.1. The highest BCUT2D eigenvalue weighted by Gasteiger charge is 2.37. The molecule has 0 nitrogen and oxygen atoms in total. The van der Waals surface area contributed by atoms with Gasteiger partial charge in [0.05, 0.1) is 0 Å². The minimum atomic E-state index is -0.519. The van der Waals surface area contributed by atoms with Crippen LogP contribution in [0.3, 0.4) is 0 Å². The van der Waals surface area contributed by atoms with E-state index in [2.05, 4.69) is 32.1 Å². The molecular weight excluding hydrogens is 374 g/mol. The molecule has 30 heavy (non-hydrogen) atoms. The Hall–Kier alpha value is -1.18. The number of allylic oxidation sites excluding steroid dienone is 2. The summed E-state index contributed by atoms with van der Waals surface area (Å²) in [5.74, 6) is 2.11. The first-order valence-corrected chi connectivity index (χ1v) is 12.7. The van der Waals surface area contributed by atoms with Gasteiger partial charge in [0, 0.05) is 0 Å². The lowest BCUT2D eigenvalue weighted by Crippen LogP contribution is -2.31. The zero-order valence-corrected chi connectivity index (χ0v) is 19.1. The van der Waals surface area contributed by atoms with Gasteiger partial charge >= 0.3 is 0 Å². The van der Waals surface area contributed by atoms with Crippen LogP contribution in [-0.2, 0) is 12.8 Å². The lowest BCUT2D eigenvalue weighted by Gasteiger charge is -2.42. The van der Waals surface area contributed by atoms with E-state index in [-0.39, 0.29) is 5.92 Å². The fraction of sp³-hybridized carbons (Fsp3) is 0.714. The highest BCUT2D eigenvalue weighted by molar-refractivity contribution is 5.38.